The molecule has 9 heteroatoms. The summed E-state index contributed by atoms with van der Waals surface area (Å²) in [6.07, 6.45) is -3.19. The Morgan fingerprint density at radius 3 is 1.80 bits per heavy atom. The van der Waals surface area contributed by atoms with E-state index < -0.39 is 48.0 Å². The van der Waals surface area contributed by atoms with Gasteiger partial charge < -0.3 is 18.9 Å². The summed E-state index contributed by atoms with van der Waals surface area (Å²) in [6, 6.07) is 0. The molecule has 2 heterocycles. The fraction of sp³-hybridized carbons (Fsp3) is 0.545. The lowest BCUT2D eigenvalue weighted by Gasteiger charge is -2.22. The second-order valence-electron chi connectivity index (χ2n) is 4.24. The summed E-state index contributed by atoms with van der Waals surface area (Å²) in [6.45, 7) is 0. The molecule has 2 aliphatic heterocycles. The number of carbonyl (C=O) groups excluding carboxylic acids is 5. The van der Waals surface area contributed by atoms with Gasteiger partial charge in [-0.3, -0.25) is 19.2 Å². The summed E-state index contributed by atoms with van der Waals surface area (Å²) in [5, 5.41) is 0. The molecule has 108 valence electrons. The van der Waals surface area contributed by atoms with E-state index in [4.69, 9.17) is 4.74 Å². The monoisotopic (exact) mass is 286 g/mol. The normalized spacial score (nSPS) is 27.1. The predicted octanol–water partition coefficient (Wildman–Crippen LogP) is -0.683. The number of cyclic esters (lactones) is 4. The highest BCUT2D eigenvalue weighted by Crippen LogP contribution is 2.32. The maximum atomic E-state index is 11.5. The van der Waals surface area contributed by atoms with Crippen molar-refractivity contribution in [3.8, 4) is 0 Å². The molecule has 9 nitrogen and oxygen atoms in total. The summed E-state index contributed by atoms with van der Waals surface area (Å²) < 4.78 is 17.8. The van der Waals surface area contributed by atoms with Gasteiger partial charge in [0.05, 0.1) is 20.0 Å². The first kappa shape index (κ1) is 14.0. The van der Waals surface area contributed by atoms with Gasteiger partial charge in [0.2, 0.25) is 0 Å². The molecule has 0 saturated carbocycles. The molecule has 0 radical (unpaired) electrons. The number of methoxy groups -OCH3 is 1. The zero-order valence-corrected chi connectivity index (χ0v) is 10.3. The Hall–Kier alpha value is -2.45. The smallest absolute Gasteiger partial charge is 0.438 e. The fourth-order valence-corrected chi connectivity index (χ4v) is 2.09. The van der Waals surface area contributed by atoms with Crippen molar-refractivity contribution in [2.75, 3.05) is 7.11 Å². The Kier molecular flexibility index (Phi) is 3.68. The highest BCUT2D eigenvalue weighted by molar-refractivity contribution is 5.98. The van der Waals surface area contributed by atoms with Crippen LogP contribution in [0.5, 0.6) is 0 Å². The van der Waals surface area contributed by atoms with E-state index in [9.17, 15) is 24.0 Å². The lowest BCUT2D eigenvalue weighted by atomic mass is 9.88. The zero-order chi connectivity index (χ0) is 14.9. The Labute approximate surface area is 112 Å². The van der Waals surface area contributed by atoms with Gasteiger partial charge in [-0.05, 0) is 0 Å². The molecule has 0 aromatic rings. The summed E-state index contributed by atoms with van der Waals surface area (Å²) in [4.78, 5) is 56.4. The maximum absolute atomic E-state index is 11.5. The van der Waals surface area contributed by atoms with Gasteiger partial charge in [0, 0.05) is 0 Å². The van der Waals surface area contributed by atoms with E-state index in [-0.39, 0.29) is 12.8 Å². The van der Waals surface area contributed by atoms with E-state index in [1.807, 2.05) is 0 Å². The Balaban J connectivity index is 2.22. The van der Waals surface area contributed by atoms with Crippen LogP contribution in [0, 0.1) is 11.8 Å². The van der Waals surface area contributed by atoms with Gasteiger partial charge in [-0.1, -0.05) is 0 Å². The van der Waals surface area contributed by atoms with Gasteiger partial charge in [-0.15, -0.1) is 0 Å². The first-order chi connectivity index (χ1) is 9.42. The molecule has 2 fully saturated rings. The topological polar surface area (TPSA) is 122 Å². The predicted molar refractivity (Wildman–Crippen MR) is 55.7 cm³/mol. The number of hydrogen-bond acceptors (Lipinski definition) is 9. The van der Waals surface area contributed by atoms with Gasteiger partial charge in [0.1, 0.15) is 17.9 Å². The van der Waals surface area contributed by atoms with Crippen LogP contribution in [-0.4, -0.2) is 43.2 Å². The van der Waals surface area contributed by atoms with Crippen LogP contribution in [0.4, 0.5) is 4.79 Å². The van der Waals surface area contributed by atoms with Crippen molar-refractivity contribution in [2.45, 2.75) is 18.9 Å². The van der Waals surface area contributed by atoms with E-state index in [0.29, 0.717) is 0 Å². The van der Waals surface area contributed by atoms with Gasteiger partial charge in [0.25, 0.3) is 0 Å². The SMILES string of the molecule is COC(=O)OC(C1CC(=O)OC1=O)C1CC(=O)OC1=O. The fourth-order valence-electron chi connectivity index (χ4n) is 2.09. The van der Waals surface area contributed by atoms with E-state index >= 15 is 0 Å². The van der Waals surface area contributed by atoms with Crippen LogP contribution in [0.15, 0.2) is 0 Å². The number of rotatable bonds is 3. The van der Waals surface area contributed by atoms with Crippen molar-refractivity contribution < 1.29 is 42.9 Å². The van der Waals surface area contributed by atoms with Crippen LogP contribution in [-0.2, 0) is 38.1 Å². The summed E-state index contributed by atoms with van der Waals surface area (Å²) in [5.41, 5.74) is 0. The largest absolute Gasteiger partial charge is 0.508 e. The molecule has 2 atom stereocenters. The lowest BCUT2D eigenvalue weighted by molar-refractivity contribution is -0.155. The van der Waals surface area contributed by atoms with Crippen LogP contribution in [0.2, 0.25) is 0 Å². The minimum Gasteiger partial charge on any atom is -0.438 e. The van der Waals surface area contributed by atoms with Crippen LogP contribution < -0.4 is 0 Å². The Morgan fingerprint density at radius 1 is 1.05 bits per heavy atom. The molecular formula is C11H10O9. The van der Waals surface area contributed by atoms with Crippen LogP contribution >= 0.6 is 0 Å². The van der Waals surface area contributed by atoms with E-state index in [0.717, 1.165) is 7.11 Å². The van der Waals surface area contributed by atoms with E-state index in [1.54, 1.807) is 0 Å². The molecule has 0 aromatic heterocycles. The van der Waals surface area contributed by atoms with E-state index in [1.165, 1.54) is 0 Å². The third kappa shape index (κ3) is 2.60. The molecule has 2 unspecified atom stereocenters. The van der Waals surface area contributed by atoms with Gasteiger partial charge in [-0.2, -0.15) is 0 Å². The van der Waals surface area contributed by atoms with Gasteiger partial charge in [0.15, 0.2) is 0 Å². The number of esters is 4. The van der Waals surface area contributed by atoms with Crippen molar-refractivity contribution in [1.82, 2.24) is 0 Å². The quantitative estimate of drug-likeness (QED) is 0.377. The summed E-state index contributed by atoms with van der Waals surface area (Å²) in [7, 11) is 1.04. The third-order valence-corrected chi connectivity index (χ3v) is 3.00. The third-order valence-electron chi connectivity index (χ3n) is 3.00. The zero-order valence-electron chi connectivity index (χ0n) is 10.3. The molecule has 2 saturated heterocycles. The number of ether oxygens (including phenoxy) is 4. The highest BCUT2D eigenvalue weighted by atomic mass is 16.7. The average molecular weight is 286 g/mol. The second kappa shape index (κ2) is 5.27. The molecule has 0 N–H and O–H groups in total. The molecule has 0 spiro atoms. The van der Waals surface area contributed by atoms with Crippen molar-refractivity contribution in [3.05, 3.63) is 0 Å². The van der Waals surface area contributed by atoms with Crippen LogP contribution in [0.3, 0.4) is 0 Å². The molecule has 0 bridgehead atoms. The number of hydrogen-bond donors (Lipinski definition) is 0. The summed E-state index contributed by atoms with van der Waals surface area (Å²) >= 11 is 0. The Bertz CT molecular complexity index is 458. The summed E-state index contributed by atoms with van der Waals surface area (Å²) in [5.74, 6) is -5.76. The van der Waals surface area contributed by atoms with Crippen molar-refractivity contribution in [2.24, 2.45) is 11.8 Å². The van der Waals surface area contributed by atoms with Gasteiger partial charge in [-0.25, -0.2) is 4.79 Å². The van der Waals surface area contributed by atoms with E-state index in [2.05, 4.69) is 14.2 Å². The molecule has 2 rings (SSSR count). The molecular weight excluding hydrogens is 276 g/mol. The van der Waals surface area contributed by atoms with Crippen LogP contribution in [0.1, 0.15) is 12.8 Å². The first-order valence-electron chi connectivity index (χ1n) is 5.66. The van der Waals surface area contributed by atoms with Crippen molar-refractivity contribution >= 4 is 30.0 Å². The average Bonchev–Trinajstić information content (AvgIpc) is 2.88. The molecule has 20 heavy (non-hydrogen) atoms. The number of carbonyl (C=O) groups is 5. The molecule has 0 aromatic carbocycles. The minimum absolute atomic E-state index is 0.349. The maximum Gasteiger partial charge on any atom is 0.508 e. The highest BCUT2D eigenvalue weighted by Gasteiger charge is 2.51. The standard InChI is InChI=1S/C11H10O9/c1-17-11(16)20-8(4-2-6(12)18-9(4)14)5-3-7(13)19-10(5)15/h4-5,8H,2-3H2,1H3. The molecule has 0 aliphatic carbocycles. The van der Waals surface area contributed by atoms with Gasteiger partial charge >= 0.3 is 30.0 Å². The van der Waals surface area contributed by atoms with Crippen molar-refractivity contribution in [1.29, 1.82) is 0 Å². The molecule has 2 aliphatic rings. The minimum atomic E-state index is -1.35. The first-order valence-corrected chi connectivity index (χ1v) is 5.66. The Morgan fingerprint density at radius 2 is 1.50 bits per heavy atom. The van der Waals surface area contributed by atoms with Crippen molar-refractivity contribution in [3.63, 3.8) is 0 Å². The molecule has 0 amide bonds. The second-order valence-corrected chi connectivity index (χ2v) is 4.24. The lowest BCUT2D eigenvalue weighted by Crippen LogP contribution is -2.38. The van der Waals surface area contributed by atoms with Crippen LogP contribution in [0.25, 0.3) is 0 Å².